The third kappa shape index (κ3) is 3.02. The van der Waals surface area contributed by atoms with Crippen LogP contribution in [0.2, 0.25) is 0 Å². The molecule has 0 saturated carbocycles. The maximum Gasteiger partial charge on any atom is 0.270 e. The highest BCUT2D eigenvalue weighted by Gasteiger charge is 2.34. The Kier molecular flexibility index (Phi) is 4.05. The van der Waals surface area contributed by atoms with Gasteiger partial charge in [0.05, 0.1) is 4.92 Å². The molecule has 2 aliphatic heterocycles. The molecule has 2 saturated heterocycles. The second-order valence-corrected chi connectivity index (χ2v) is 6.65. The Morgan fingerprint density at radius 1 is 1.40 bits per heavy atom. The summed E-state index contributed by atoms with van der Waals surface area (Å²) in [5.41, 5.74) is 1.16. The van der Waals surface area contributed by atoms with E-state index in [-0.39, 0.29) is 10.6 Å². The van der Waals surface area contributed by atoms with Crippen LogP contribution in [0.1, 0.15) is 18.4 Å². The summed E-state index contributed by atoms with van der Waals surface area (Å²) in [5.74, 6) is 0.742. The van der Waals surface area contributed by atoms with Gasteiger partial charge in [-0.05, 0) is 36.9 Å². The summed E-state index contributed by atoms with van der Waals surface area (Å²) in [5, 5.41) is 14.5. The van der Waals surface area contributed by atoms with Gasteiger partial charge in [0.1, 0.15) is 0 Å². The number of nitro groups is 1. The molecule has 2 heterocycles. The standard InChI is InChI=1S/C14H18BrN3O2/c15-12-4-10(5-13(6-12)18(19)20)7-17-8-11-2-1-3-16-14(11)9-17/h4-6,11,14,16H,1-3,7-9H2. The highest BCUT2D eigenvalue weighted by atomic mass is 79.9. The topological polar surface area (TPSA) is 58.4 Å². The molecule has 5 nitrogen and oxygen atoms in total. The van der Waals surface area contributed by atoms with Crippen molar-refractivity contribution in [1.29, 1.82) is 0 Å². The molecule has 20 heavy (non-hydrogen) atoms. The van der Waals surface area contributed by atoms with Gasteiger partial charge in [-0.3, -0.25) is 15.0 Å². The zero-order chi connectivity index (χ0) is 14.1. The van der Waals surface area contributed by atoms with E-state index in [9.17, 15) is 10.1 Å². The maximum atomic E-state index is 10.9. The number of rotatable bonds is 3. The highest BCUT2D eigenvalue weighted by Crippen LogP contribution is 2.28. The molecule has 2 aliphatic rings. The molecule has 0 aromatic heterocycles. The molecule has 1 N–H and O–H groups in total. The normalized spacial score (nSPS) is 26.4. The second kappa shape index (κ2) is 5.79. The zero-order valence-electron chi connectivity index (χ0n) is 11.2. The largest absolute Gasteiger partial charge is 0.312 e. The molecular formula is C14H18BrN3O2. The van der Waals surface area contributed by atoms with Crippen LogP contribution in [0, 0.1) is 16.0 Å². The van der Waals surface area contributed by atoms with E-state index in [1.807, 2.05) is 6.07 Å². The number of fused-ring (bicyclic) bond motifs is 1. The summed E-state index contributed by atoms with van der Waals surface area (Å²) in [6, 6.07) is 5.81. The lowest BCUT2D eigenvalue weighted by molar-refractivity contribution is -0.385. The van der Waals surface area contributed by atoms with Crippen molar-refractivity contribution < 1.29 is 4.92 Å². The fraction of sp³-hybridized carbons (Fsp3) is 0.571. The van der Waals surface area contributed by atoms with Crippen LogP contribution < -0.4 is 5.32 Å². The Morgan fingerprint density at radius 3 is 3.00 bits per heavy atom. The highest BCUT2D eigenvalue weighted by molar-refractivity contribution is 9.10. The van der Waals surface area contributed by atoms with Crippen LogP contribution in [0.4, 0.5) is 5.69 Å². The lowest BCUT2D eigenvalue weighted by Gasteiger charge is -2.24. The van der Waals surface area contributed by atoms with Gasteiger partial charge in [-0.25, -0.2) is 0 Å². The van der Waals surface area contributed by atoms with E-state index in [2.05, 4.69) is 26.1 Å². The number of nitrogens with one attached hydrogen (secondary N) is 1. The molecule has 1 aromatic carbocycles. The minimum atomic E-state index is -0.334. The first-order chi connectivity index (χ1) is 9.61. The molecular weight excluding hydrogens is 322 g/mol. The van der Waals surface area contributed by atoms with Crippen LogP contribution in [0.5, 0.6) is 0 Å². The number of non-ortho nitro benzene ring substituents is 1. The first kappa shape index (κ1) is 14.0. The summed E-state index contributed by atoms with van der Waals surface area (Å²) < 4.78 is 0.774. The van der Waals surface area contributed by atoms with Crippen LogP contribution in [-0.2, 0) is 6.54 Å². The van der Waals surface area contributed by atoms with Gasteiger partial charge in [-0.1, -0.05) is 15.9 Å². The predicted octanol–water partition coefficient (Wildman–Crippen LogP) is 2.54. The van der Waals surface area contributed by atoms with E-state index in [4.69, 9.17) is 0 Å². The van der Waals surface area contributed by atoms with Crippen molar-refractivity contribution in [2.24, 2.45) is 5.92 Å². The van der Waals surface area contributed by atoms with E-state index in [0.29, 0.717) is 6.04 Å². The minimum Gasteiger partial charge on any atom is -0.312 e. The SMILES string of the molecule is O=[N+]([O-])c1cc(Br)cc(CN2CC3CCCNC3C2)c1. The van der Waals surface area contributed by atoms with E-state index in [0.717, 1.165) is 42.1 Å². The quantitative estimate of drug-likeness (QED) is 0.679. The molecule has 108 valence electrons. The van der Waals surface area contributed by atoms with Crippen LogP contribution in [0.15, 0.2) is 22.7 Å². The van der Waals surface area contributed by atoms with Crippen molar-refractivity contribution >= 4 is 21.6 Å². The molecule has 6 heteroatoms. The number of halogens is 1. The van der Waals surface area contributed by atoms with Crippen molar-refractivity contribution in [3.8, 4) is 0 Å². The number of hydrogen-bond acceptors (Lipinski definition) is 4. The van der Waals surface area contributed by atoms with Crippen molar-refractivity contribution in [3.63, 3.8) is 0 Å². The molecule has 0 radical (unpaired) electrons. The molecule has 2 atom stereocenters. The van der Waals surface area contributed by atoms with Crippen molar-refractivity contribution in [3.05, 3.63) is 38.3 Å². The molecule has 0 amide bonds. The van der Waals surface area contributed by atoms with Crippen molar-refractivity contribution in [2.45, 2.75) is 25.4 Å². The first-order valence-corrected chi connectivity index (χ1v) is 7.81. The van der Waals surface area contributed by atoms with E-state index in [1.54, 1.807) is 12.1 Å². The summed E-state index contributed by atoms with van der Waals surface area (Å²) in [4.78, 5) is 13.0. The summed E-state index contributed by atoms with van der Waals surface area (Å²) in [6.45, 7) is 4.05. The molecule has 1 aromatic rings. The van der Waals surface area contributed by atoms with E-state index >= 15 is 0 Å². The monoisotopic (exact) mass is 339 g/mol. The van der Waals surface area contributed by atoms with Crippen LogP contribution in [0.25, 0.3) is 0 Å². The number of hydrogen-bond donors (Lipinski definition) is 1. The van der Waals surface area contributed by atoms with E-state index < -0.39 is 0 Å². The average Bonchev–Trinajstić information content (AvgIpc) is 2.79. The van der Waals surface area contributed by atoms with Crippen molar-refractivity contribution in [1.82, 2.24) is 10.2 Å². The third-order valence-electron chi connectivity index (χ3n) is 4.23. The molecule has 0 aliphatic carbocycles. The Bertz CT molecular complexity index is 509. The van der Waals surface area contributed by atoms with Gasteiger partial charge in [0.25, 0.3) is 5.69 Å². The van der Waals surface area contributed by atoms with E-state index in [1.165, 1.54) is 12.8 Å². The molecule has 0 bridgehead atoms. The lowest BCUT2D eigenvalue weighted by atomic mass is 9.94. The maximum absolute atomic E-state index is 10.9. The Morgan fingerprint density at radius 2 is 2.25 bits per heavy atom. The smallest absolute Gasteiger partial charge is 0.270 e. The first-order valence-electron chi connectivity index (χ1n) is 7.01. The third-order valence-corrected chi connectivity index (χ3v) is 4.69. The lowest BCUT2D eigenvalue weighted by Crippen LogP contribution is -2.40. The second-order valence-electron chi connectivity index (χ2n) is 5.73. The van der Waals surface area contributed by atoms with Crippen LogP contribution in [0.3, 0.4) is 0 Å². The Hall–Kier alpha value is -0.980. The summed E-state index contributed by atoms with van der Waals surface area (Å²) >= 11 is 3.36. The fourth-order valence-corrected chi connectivity index (χ4v) is 3.88. The molecule has 2 unspecified atom stereocenters. The van der Waals surface area contributed by atoms with Gasteiger partial charge in [-0.2, -0.15) is 0 Å². The van der Waals surface area contributed by atoms with Gasteiger partial charge in [0, 0.05) is 42.3 Å². The number of benzene rings is 1. The molecule has 0 spiro atoms. The van der Waals surface area contributed by atoms with Crippen LogP contribution in [-0.4, -0.2) is 35.5 Å². The van der Waals surface area contributed by atoms with Crippen LogP contribution >= 0.6 is 15.9 Å². The number of nitrogens with zero attached hydrogens (tertiary/aromatic N) is 2. The molecule has 3 rings (SSSR count). The average molecular weight is 340 g/mol. The van der Waals surface area contributed by atoms with Gasteiger partial charge in [-0.15, -0.1) is 0 Å². The summed E-state index contributed by atoms with van der Waals surface area (Å²) in [6.07, 6.45) is 2.56. The predicted molar refractivity (Wildman–Crippen MR) is 80.6 cm³/mol. The van der Waals surface area contributed by atoms with Gasteiger partial charge >= 0.3 is 0 Å². The zero-order valence-corrected chi connectivity index (χ0v) is 12.8. The Labute approximate surface area is 126 Å². The Balaban J connectivity index is 1.70. The fourth-order valence-electron chi connectivity index (χ4n) is 3.35. The number of piperidine rings is 1. The van der Waals surface area contributed by atoms with Crippen molar-refractivity contribution in [2.75, 3.05) is 19.6 Å². The van der Waals surface area contributed by atoms with Gasteiger partial charge in [0.15, 0.2) is 0 Å². The van der Waals surface area contributed by atoms with Gasteiger partial charge in [0.2, 0.25) is 0 Å². The summed E-state index contributed by atoms with van der Waals surface area (Å²) in [7, 11) is 0. The van der Waals surface area contributed by atoms with Gasteiger partial charge < -0.3 is 5.32 Å². The minimum absolute atomic E-state index is 0.157. The molecule has 2 fully saturated rings. The number of likely N-dealkylation sites (tertiary alicyclic amines) is 1. The number of nitro benzene ring substituents is 1.